The van der Waals surface area contributed by atoms with Gasteiger partial charge in [-0.05, 0) is 61.8 Å². The Morgan fingerprint density at radius 3 is 2.36 bits per heavy atom. The Balaban J connectivity index is 1.57. The number of hydrogen-bond donors (Lipinski definition) is 0. The lowest BCUT2D eigenvalue weighted by atomic mass is 9.92. The van der Waals surface area contributed by atoms with Crippen LogP contribution in [0.3, 0.4) is 0 Å². The number of esters is 1. The van der Waals surface area contributed by atoms with Crippen LogP contribution in [0.15, 0.2) is 18.2 Å². The van der Waals surface area contributed by atoms with E-state index in [1.807, 2.05) is 23.1 Å². The Labute approximate surface area is 209 Å². The Bertz CT molecular complexity index is 978. The molecule has 0 spiro atoms. The number of halogens is 3. The Morgan fingerprint density at radius 1 is 1.00 bits per heavy atom. The second-order valence-corrected chi connectivity index (χ2v) is 9.94. The van der Waals surface area contributed by atoms with E-state index in [9.17, 15) is 27.6 Å². The van der Waals surface area contributed by atoms with Crippen molar-refractivity contribution in [1.29, 1.82) is 0 Å². The summed E-state index contributed by atoms with van der Waals surface area (Å²) in [6.07, 6.45) is 2.48. The SMILES string of the molecule is COC(=O)CCC1CCN(C2CCCCC2)C(=O)N1c1ccc2c(c1)CCN(C(=O)C(F)(F)F)CC2. The molecule has 1 aromatic rings. The van der Waals surface area contributed by atoms with Crippen molar-refractivity contribution >= 4 is 23.6 Å². The van der Waals surface area contributed by atoms with E-state index < -0.39 is 12.1 Å². The van der Waals surface area contributed by atoms with Crippen LogP contribution < -0.4 is 4.90 Å². The molecule has 0 bridgehead atoms. The van der Waals surface area contributed by atoms with Crippen LogP contribution in [0.5, 0.6) is 0 Å². The van der Waals surface area contributed by atoms with Gasteiger partial charge in [-0.1, -0.05) is 25.3 Å². The van der Waals surface area contributed by atoms with Gasteiger partial charge in [-0.25, -0.2) is 4.79 Å². The number of carbonyl (C=O) groups is 3. The number of nitrogens with zero attached hydrogens (tertiary/aromatic N) is 3. The van der Waals surface area contributed by atoms with E-state index >= 15 is 0 Å². The first-order valence-electron chi connectivity index (χ1n) is 12.8. The van der Waals surface area contributed by atoms with Crippen LogP contribution in [-0.4, -0.2) is 72.7 Å². The summed E-state index contributed by atoms with van der Waals surface area (Å²) in [4.78, 5) is 42.0. The van der Waals surface area contributed by atoms with Gasteiger partial charge in [0.15, 0.2) is 0 Å². The molecule has 1 atom stereocenters. The molecule has 10 heteroatoms. The molecule has 1 saturated carbocycles. The minimum atomic E-state index is -4.89. The van der Waals surface area contributed by atoms with Gasteiger partial charge < -0.3 is 14.5 Å². The van der Waals surface area contributed by atoms with Crippen molar-refractivity contribution in [3.05, 3.63) is 29.3 Å². The average molecular weight is 510 g/mol. The molecule has 0 N–H and O–H groups in total. The van der Waals surface area contributed by atoms with Gasteiger partial charge in [0.05, 0.1) is 7.11 Å². The highest BCUT2D eigenvalue weighted by atomic mass is 19.4. The monoisotopic (exact) mass is 509 g/mol. The summed E-state index contributed by atoms with van der Waals surface area (Å²) in [5.74, 6) is -2.14. The van der Waals surface area contributed by atoms with Crippen LogP contribution in [0.4, 0.5) is 23.7 Å². The van der Waals surface area contributed by atoms with Crippen LogP contribution in [0.1, 0.15) is 62.5 Å². The molecule has 0 radical (unpaired) electrons. The largest absolute Gasteiger partial charge is 0.471 e. The predicted octanol–water partition coefficient (Wildman–Crippen LogP) is 4.46. The maximum atomic E-state index is 13.8. The van der Waals surface area contributed by atoms with Crippen LogP contribution in [0.25, 0.3) is 0 Å². The van der Waals surface area contributed by atoms with Crippen molar-refractivity contribution < 1.29 is 32.3 Å². The third-order valence-electron chi connectivity index (χ3n) is 7.74. The molecular formula is C26H34F3N3O4. The number of rotatable bonds is 5. The second kappa shape index (κ2) is 11.1. The third kappa shape index (κ3) is 5.78. The highest BCUT2D eigenvalue weighted by molar-refractivity contribution is 5.94. The summed E-state index contributed by atoms with van der Waals surface area (Å²) >= 11 is 0. The van der Waals surface area contributed by atoms with Crippen molar-refractivity contribution in [2.24, 2.45) is 0 Å². The lowest BCUT2D eigenvalue weighted by Gasteiger charge is -2.45. The standard InChI is InChI=1S/C26H34F3N3O4/c1-36-23(33)10-9-21-13-16-31(20-5-3-2-4-6-20)25(35)32(21)22-8-7-18-11-14-30(15-12-19(18)17-22)24(34)26(27,28)29/h7-8,17,20-21H,2-6,9-16H2,1H3. The summed E-state index contributed by atoms with van der Waals surface area (Å²) in [6, 6.07) is 5.53. The van der Waals surface area contributed by atoms with Gasteiger partial charge in [-0.3, -0.25) is 14.5 Å². The lowest BCUT2D eigenvalue weighted by molar-refractivity contribution is -0.185. The number of alkyl halides is 3. The number of ether oxygens (including phenoxy) is 1. The van der Waals surface area contributed by atoms with Gasteiger partial charge in [0.2, 0.25) is 0 Å². The number of anilines is 1. The minimum absolute atomic E-state index is 0.00451. The summed E-state index contributed by atoms with van der Waals surface area (Å²) < 4.78 is 43.7. The van der Waals surface area contributed by atoms with Gasteiger partial charge in [-0.15, -0.1) is 0 Å². The summed E-state index contributed by atoms with van der Waals surface area (Å²) in [5.41, 5.74) is 2.42. The van der Waals surface area contributed by atoms with E-state index in [1.165, 1.54) is 13.5 Å². The minimum Gasteiger partial charge on any atom is -0.469 e. The summed E-state index contributed by atoms with van der Waals surface area (Å²) in [5, 5.41) is 0. The number of carbonyl (C=O) groups excluding carboxylic acids is 3. The fourth-order valence-corrected chi connectivity index (χ4v) is 5.76. The number of urea groups is 1. The molecule has 4 rings (SSSR count). The van der Waals surface area contributed by atoms with E-state index in [1.54, 1.807) is 4.90 Å². The zero-order valence-corrected chi connectivity index (χ0v) is 20.7. The fraction of sp³-hybridized carbons (Fsp3) is 0.654. The van der Waals surface area contributed by atoms with Crippen LogP contribution >= 0.6 is 0 Å². The Morgan fingerprint density at radius 2 is 1.69 bits per heavy atom. The van der Waals surface area contributed by atoms with E-state index in [2.05, 4.69) is 0 Å². The smallest absolute Gasteiger partial charge is 0.469 e. The predicted molar refractivity (Wildman–Crippen MR) is 128 cm³/mol. The van der Waals surface area contributed by atoms with Gasteiger partial charge in [0.25, 0.3) is 0 Å². The van der Waals surface area contributed by atoms with Crippen LogP contribution in [0.2, 0.25) is 0 Å². The number of amides is 3. The van der Waals surface area contributed by atoms with Crippen molar-refractivity contribution in [1.82, 2.24) is 9.80 Å². The topological polar surface area (TPSA) is 70.2 Å². The van der Waals surface area contributed by atoms with Crippen LogP contribution in [0, 0.1) is 0 Å². The van der Waals surface area contributed by atoms with E-state index in [-0.39, 0.29) is 50.0 Å². The highest BCUT2D eigenvalue weighted by Gasteiger charge is 2.43. The van der Waals surface area contributed by atoms with E-state index in [4.69, 9.17) is 4.74 Å². The zero-order chi connectivity index (χ0) is 25.9. The average Bonchev–Trinajstić information content (AvgIpc) is 3.09. The summed E-state index contributed by atoms with van der Waals surface area (Å²) in [6.45, 7) is 0.624. The molecule has 1 aliphatic carbocycles. The van der Waals surface area contributed by atoms with Gasteiger partial charge >= 0.3 is 24.1 Å². The quantitative estimate of drug-likeness (QED) is 0.550. The number of fused-ring (bicyclic) bond motifs is 1. The van der Waals surface area contributed by atoms with Crippen LogP contribution in [-0.2, 0) is 27.2 Å². The van der Waals surface area contributed by atoms with E-state index in [0.717, 1.165) is 48.1 Å². The Hall–Kier alpha value is -2.78. The molecule has 0 aromatic heterocycles. The molecule has 2 fully saturated rings. The molecule has 1 unspecified atom stereocenters. The molecule has 198 valence electrons. The second-order valence-electron chi connectivity index (χ2n) is 9.94. The first kappa shape index (κ1) is 26.3. The van der Waals surface area contributed by atoms with Gasteiger partial charge in [-0.2, -0.15) is 13.2 Å². The van der Waals surface area contributed by atoms with Gasteiger partial charge in [0, 0.05) is 43.8 Å². The van der Waals surface area contributed by atoms with Crippen molar-refractivity contribution in [3.63, 3.8) is 0 Å². The normalized spacial score (nSPS) is 21.7. The zero-order valence-electron chi connectivity index (χ0n) is 20.7. The molecule has 2 heterocycles. The van der Waals surface area contributed by atoms with Crippen molar-refractivity contribution in [2.45, 2.75) is 82.5 Å². The summed E-state index contributed by atoms with van der Waals surface area (Å²) in [7, 11) is 1.34. The number of benzene rings is 1. The molecule has 2 aliphatic heterocycles. The molecule has 1 saturated heterocycles. The fourth-order valence-electron chi connectivity index (χ4n) is 5.76. The Kier molecular flexibility index (Phi) is 8.10. The lowest BCUT2D eigenvalue weighted by Crippen LogP contribution is -2.58. The van der Waals surface area contributed by atoms with Crippen molar-refractivity contribution in [3.8, 4) is 0 Å². The molecule has 3 aliphatic rings. The molecule has 1 aromatic carbocycles. The third-order valence-corrected chi connectivity index (χ3v) is 7.74. The maximum Gasteiger partial charge on any atom is 0.471 e. The van der Waals surface area contributed by atoms with Crippen molar-refractivity contribution in [2.75, 3.05) is 31.6 Å². The molecule has 36 heavy (non-hydrogen) atoms. The number of methoxy groups -OCH3 is 1. The first-order chi connectivity index (χ1) is 17.2. The molecule has 3 amide bonds. The van der Waals surface area contributed by atoms with E-state index in [0.29, 0.717) is 25.1 Å². The highest BCUT2D eigenvalue weighted by Crippen LogP contribution is 2.34. The molecular weight excluding hydrogens is 475 g/mol. The number of hydrogen-bond acceptors (Lipinski definition) is 4. The maximum absolute atomic E-state index is 13.8. The first-order valence-corrected chi connectivity index (χ1v) is 12.8. The van der Waals surface area contributed by atoms with Gasteiger partial charge in [0.1, 0.15) is 0 Å². The molecule has 7 nitrogen and oxygen atoms in total.